The van der Waals surface area contributed by atoms with Gasteiger partial charge in [0.05, 0.1) is 0 Å². The highest BCUT2D eigenvalue weighted by Crippen LogP contribution is 2.15. The molecular formula is C16H20N8+2. The van der Waals surface area contributed by atoms with Crippen molar-refractivity contribution in [2.24, 2.45) is 10.2 Å². The van der Waals surface area contributed by atoms with Crippen molar-refractivity contribution in [1.29, 1.82) is 0 Å². The number of nitrogens with zero attached hydrogens (tertiary/aromatic N) is 8. The fraction of sp³-hybridized carbons (Fsp3) is 0.375. The molecule has 0 fully saturated rings. The standard InChI is InChI=1S/C16H20N8/c17-21-19-7-1-9-23-11-3-15(4-12-23)16-5-13-24(14-6-16)10-2-8-20-22-18/h3-6,11-14H,1-2,7-10H2/q+2. The van der Waals surface area contributed by atoms with Gasteiger partial charge in [0.15, 0.2) is 24.8 Å². The third kappa shape index (κ3) is 5.61. The lowest BCUT2D eigenvalue weighted by Crippen LogP contribution is -2.33. The molecule has 0 aromatic carbocycles. The molecule has 0 saturated carbocycles. The zero-order chi connectivity index (χ0) is 17.0. The molecule has 0 aliphatic heterocycles. The maximum atomic E-state index is 8.25. The van der Waals surface area contributed by atoms with Gasteiger partial charge in [0, 0.05) is 60.0 Å². The molecule has 2 heterocycles. The van der Waals surface area contributed by atoms with E-state index in [2.05, 4.69) is 53.5 Å². The first-order valence-corrected chi connectivity index (χ1v) is 7.84. The van der Waals surface area contributed by atoms with Gasteiger partial charge in [-0.2, -0.15) is 0 Å². The number of aromatic nitrogens is 2. The van der Waals surface area contributed by atoms with E-state index in [0.717, 1.165) is 37.1 Å². The Hall–Kier alpha value is -3.08. The molecule has 0 radical (unpaired) electrons. The number of azide groups is 2. The van der Waals surface area contributed by atoms with Gasteiger partial charge in [-0.15, -0.1) is 0 Å². The Morgan fingerprint density at radius 2 is 1.08 bits per heavy atom. The first-order valence-electron chi connectivity index (χ1n) is 7.84. The predicted octanol–water partition coefficient (Wildman–Crippen LogP) is 3.33. The number of aryl methyl sites for hydroxylation is 2. The van der Waals surface area contributed by atoms with Crippen LogP contribution in [0.5, 0.6) is 0 Å². The Morgan fingerprint density at radius 1 is 0.708 bits per heavy atom. The molecule has 122 valence electrons. The van der Waals surface area contributed by atoms with Gasteiger partial charge in [0.2, 0.25) is 0 Å². The molecule has 0 spiro atoms. The van der Waals surface area contributed by atoms with Crippen molar-refractivity contribution in [2.45, 2.75) is 25.9 Å². The van der Waals surface area contributed by atoms with Crippen molar-refractivity contribution >= 4 is 0 Å². The maximum absolute atomic E-state index is 8.25. The van der Waals surface area contributed by atoms with E-state index in [9.17, 15) is 0 Å². The average molecular weight is 324 g/mol. The molecule has 0 amide bonds. The largest absolute Gasteiger partial charge is 0.205 e. The molecule has 0 aliphatic rings. The van der Waals surface area contributed by atoms with E-state index >= 15 is 0 Å². The summed E-state index contributed by atoms with van der Waals surface area (Å²) in [6, 6.07) is 8.31. The van der Waals surface area contributed by atoms with Gasteiger partial charge in [-0.1, -0.05) is 10.2 Å². The van der Waals surface area contributed by atoms with Crippen molar-refractivity contribution in [1.82, 2.24) is 0 Å². The Labute approximate surface area is 140 Å². The topological polar surface area (TPSA) is 105 Å². The van der Waals surface area contributed by atoms with E-state index in [1.807, 2.05) is 24.8 Å². The molecule has 8 heteroatoms. The zero-order valence-corrected chi connectivity index (χ0v) is 13.4. The second kappa shape index (κ2) is 9.84. The van der Waals surface area contributed by atoms with Gasteiger partial charge in [-0.05, 0) is 22.2 Å². The van der Waals surface area contributed by atoms with Crippen molar-refractivity contribution in [3.05, 3.63) is 69.9 Å². The smallest absolute Gasteiger partial charge is 0.169 e. The van der Waals surface area contributed by atoms with Crippen LogP contribution in [-0.2, 0) is 13.1 Å². The third-order valence-electron chi connectivity index (χ3n) is 3.59. The minimum atomic E-state index is 0.517. The van der Waals surface area contributed by atoms with Gasteiger partial charge in [-0.3, -0.25) is 0 Å². The predicted molar refractivity (Wildman–Crippen MR) is 89.5 cm³/mol. The van der Waals surface area contributed by atoms with Crippen LogP contribution in [0.4, 0.5) is 0 Å². The van der Waals surface area contributed by atoms with Crippen LogP contribution < -0.4 is 9.13 Å². The molecule has 0 N–H and O–H groups in total. The molecule has 2 aromatic rings. The van der Waals surface area contributed by atoms with E-state index in [1.54, 1.807) is 0 Å². The van der Waals surface area contributed by atoms with E-state index in [4.69, 9.17) is 11.1 Å². The first kappa shape index (κ1) is 17.3. The molecule has 0 saturated heterocycles. The molecule has 0 aliphatic carbocycles. The third-order valence-corrected chi connectivity index (χ3v) is 3.59. The summed E-state index contributed by atoms with van der Waals surface area (Å²) in [5.74, 6) is 0. The summed E-state index contributed by atoms with van der Waals surface area (Å²) < 4.78 is 4.16. The summed E-state index contributed by atoms with van der Waals surface area (Å²) in [4.78, 5) is 5.50. The minimum Gasteiger partial charge on any atom is -0.205 e. The quantitative estimate of drug-likeness (QED) is 0.222. The van der Waals surface area contributed by atoms with Gasteiger partial charge in [-0.25, -0.2) is 9.13 Å². The molecule has 0 atom stereocenters. The van der Waals surface area contributed by atoms with Crippen LogP contribution in [0, 0.1) is 0 Å². The molecule has 8 nitrogen and oxygen atoms in total. The van der Waals surface area contributed by atoms with Gasteiger partial charge in [0.25, 0.3) is 0 Å². The lowest BCUT2D eigenvalue weighted by Gasteiger charge is -2.01. The second-order valence-corrected chi connectivity index (χ2v) is 5.27. The van der Waals surface area contributed by atoms with Crippen LogP contribution in [-0.4, -0.2) is 13.1 Å². The molecule has 24 heavy (non-hydrogen) atoms. The highest BCUT2D eigenvalue weighted by Gasteiger charge is 2.05. The van der Waals surface area contributed by atoms with Crippen LogP contribution in [0.25, 0.3) is 32.0 Å². The van der Waals surface area contributed by atoms with Crippen molar-refractivity contribution < 1.29 is 9.13 Å². The number of rotatable bonds is 9. The van der Waals surface area contributed by atoms with Gasteiger partial charge in [0.1, 0.15) is 13.1 Å². The Kier molecular flexibility index (Phi) is 7.08. The summed E-state index contributed by atoms with van der Waals surface area (Å²) in [5.41, 5.74) is 18.8. The Morgan fingerprint density at radius 3 is 1.42 bits per heavy atom. The Bertz CT molecular complexity index is 660. The minimum absolute atomic E-state index is 0.517. The summed E-state index contributed by atoms with van der Waals surface area (Å²) in [7, 11) is 0. The lowest BCUT2D eigenvalue weighted by atomic mass is 10.1. The summed E-state index contributed by atoms with van der Waals surface area (Å²) >= 11 is 0. The van der Waals surface area contributed by atoms with Crippen molar-refractivity contribution in [2.75, 3.05) is 13.1 Å². The molecule has 0 unspecified atom stereocenters. The van der Waals surface area contributed by atoms with Crippen molar-refractivity contribution in [3.63, 3.8) is 0 Å². The molecule has 2 aromatic heterocycles. The van der Waals surface area contributed by atoms with Gasteiger partial charge < -0.3 is 0 Å². The normalized spacial score (nSPS) is 9.83. The van der Waals surface area contributed by atoms with Crippen LogP contribution in [0.15, 0.2) is 59.3 Å². The monoisotopic (exact) mass is 324 g/mol. The molecule has 2 rings (SSSR count). The summed E-state index contributed by atoms with van der Waals surface area (Å²) in [6.07, 6.45) is 9.79. The van der Waals surface area contributed by atoms with Crippen LogP contribution in [0.2, 0.25) is 0 Å². The summed E-state index contributed by atoms with van der Waals surface area (Å²) in [6.45, 7) is 2.70. The number of pyridine rings is 2. The summed E-state index contributed by atoms with van der Waals surface area (Å²) in [5, 5.41) is 7.07. The van der Waals surface area contributed by atoms with E-state index in [0.29, 0.717) is 13.1 Å². The lowest BCUT2D eigenvalue weighted by molar-refractivity contribution is -0.697. The van der Waals surface area contributed by atoms with E-state index < -0.39 is 0 Å². The maximum Gasteiger partial charge on any atom is 0.169 e. The zero-order valence-electron chi connectivity index (χ0n) is 13.4. The van der Waals surface area contributed by atoms with Crippen LogP contribution in [0.1, 0.15) is 12.8 Å². The van der Waals surface area contributed by atoms with Crippen molar-refractivity contribution in [3.8, 4) is 11.1 Å². The molecule has 0 bridgehead atoms. The highest BCUT2D eigenvalue weighted by molar-refractivity contribution is 5.60. The fourth-order valence-electron chi connectivity index (χ4n) is 2.34. The highest BCUT2D eigenvalue weighted by atomic mass is 15.1. The fourth-order valence-corrected chi connectivity index (χ4v) is 2.34. The Balaban J connectivity index is 1.91. The first-order chi connectivity index (χ1) is 11.8. The SMILES string of the molecule is [N-]=[N+]=NCCC[n+]1ccc(-c2cc[n+](CCCN=[N+]=[N-])cc2)cc1. The van der Waals surface area contributed by atoms with Crippen LogP contribution in [0.3, 0.4) is 0 Å². The van der Waals surface area contributed by atoms with Crippen LogP contribution >= 0.6 is 0 Å². The molecular weight excluding hydrogens is 304 g/mol. The second-order valence-electron chi connectivity index (χ2n) is 5.27. The average Bonchev–Trinajstić information content (AvgIpc) is 2.64. The number of hydrogen-bond acceptors (Lipinski definition) is 2. The number of hydrogen-bond donors (Lipinski definition) is 0. The van der Waals surface area contributed by atoms with E-state index in [-0.39, 0.29) is 0 Å². The van der Waals surface area contributed by atoms with E-state index in [1.165, 1.54) is 0 Å². The van der Waals surface area contributed by atoms with Gasteiger partial charge >= 0.3 is 0 Å².